The monoisotopic (exact) mass is 312 g/mol. The Hall–Kier alpha value is -1.47. The van der Waals surface area contributed by atoms with Crippen LogP contribution in [0.15, 0.2) is 35.0 Å². The van der Waals surface area contributed by atoms with Crippen LogP contribution in [0.4, 0.5) is 5.69 Å². The first-order valence-electron chi connectivity index (χ1n) is 5.92. The number of nitro groups is 1. The third-order valence-corrected chi connectivity index (χ3v) is 3.91. The van der Waals surface area contributed by atoms with Gasteiger partial charge in [0.2, 0.25) is 0 Å². The number of nitrogens with zero attached hydrogens (tertiary/aromatic N) is 1. The summed E-state index contributed by atoms with van der Waals surface area (Å²) in [6.07, 6.45) is -0.636. The molecular weight excluding hydrogens is 300 g/mol. The van der Waals surface area contributed by atoms with Gasteiger partial charge in [0.1, 0.15) is 0 Å². The first-order chi connectivity index (χ1) is 9.59. The van der Waals surface area contributed by atoms with Crippen molar-refractivity contribution in [2.45, 2.75) is 12.6 Å². The maximum absolute atomic E-state index is 10.9. The van der Waals surface area contributed by atoms with Gasteiger partial charge < -0.3 is 10.4 Å². The van der Waals surface area contributed by atoms with Crippen LogP contribution in [0.2, 0.25) is 5.02 Å². The van der Waals surface area contributed by atoms with Crippen LogP contribution in [0.25, 0.3) is 0 Å². The number of hydrogen-bond donors (Lipinski definition) is 2. The van der Waals surface area contributed by atoms with Crippen LogP contribution in [-0.2, 0) is 6.54 Å². The van der Waals surface area contributed by atoms with Crippen molar-refractivity contribution in [3.63, 3.8) is 0 Å². The molecule has 7 heteroatoms. The summed E-state index contributed by atoms with van der Waals surface area (Å²) in [5, 5.41) is 27.9. The Morgan fingerprint density at radius 3 is 2.90 bits per heavy atom. The topological polar surface area (TPSA) is 75.4 Å². The molecule has 0 aliphatic carbocycles. The number of hydrogen-bond acceptors (Lipinski definition) is 5. The van der Waals surface area contributed by atoms with E-state index in [0.717, 1.165) is 5.56 Å². The summed E-state index contributed by atoms with van der Waals surface area (Å²) >= 11 is 7.49. The average molecular weight is 313 g/mol. The van der Waals surface area contributed by atoms with Gasteiger partial charge >= 0.3 is 0 Å². The van der Waals surface area contributed by atoms with Gasteiger partial charge in [-0.1, -0.05) is 17.7 Å². The molecule has 0 aliphatic rings. The van der Waals surface area contributed by atoms with Crippen LogP contribution < -0.4 is 5.32 Å². The minimum atomic E-state index is -0.636. The number of halogens is 1. The molecular formula is C13H13ClN2O3S. The van der Waals surface area contributed by atoms with Crippen LogP contribution in [-0.4, -0.2) is 16.6 Å². The van der Waals surface area contributed by atoms with Crippen LogP contribution in [0.3, 0.4) is 0 Å². The van der Waals surface area contributed by atoms with E-state index in [1.807, 2.05) is 16.8 Å². The molecule has 1 aromatic carbocycles. The van der Waals surface area contributed by atoms with Crippen LogP contribution in [0, 0.1) is 10.1 Å². The number of benzene rings is 1. The number of nitrogens with one attached hydrogen (secondary N) is 1. The fourth-order valence-electron chi connectivity index (χ4n) is 1.81. The highest BCUT2D eigenvalue weighted by molar-refractivity contribution is 7.07. The number of aliphatic hydroxyl groups is 1. The lowest BCUT2D eigenvalue weighted by Crippen LogP contribution is -2.21. The standard InChI is InChI=1S/C13H13ClN2O3S/c14-11-2-1-3-12(16(18)19)10(11)6-15-7-13(17)9-4-5-20-8-9/h1-5,8,13,15,17H,6-7H2. The SMILES string of the molecule is O=[N+]([O-])c1cccc(Cl)c1CNCC(O)c1ccsc1. The zero-order chi connectivity index (χ0) is 14.5. The minimum Gasteiger partial charge on any atom is -0.387 e. The molecule has 2 aromatic rings. The Balaban J connectivity index is 1.99. The van der Waals surface area contributed by atoms with E-state index in [1.165, 1.54) is 17.4 Å². The van der Waals surface area contributed by atoms with Gasteiger partial charge in [0.05, 0.1) is 21.6 Å². The predicted octanol–water partition coefficient (Wildman–Crippen LogP) is 3.13. The maximum atomic E-state index is 10.9. The third-order valence-electron chi connectivity index (χ3n) is 2.86. The van der Waals surface area contributed by atoms with Gasteiger partial charge in [0, 0.05) is 19.2 Å². The van der Waals surface area contributed by atoms with E-state index >= 15 is 0 Å². The van der Waals surface area contributed by atoms with E-state index in [9.17, 15) is 15.2 Å². The van der Waals surface area contributed by atoms with Crippen molar-refractivity contribution in [2.75, 3.05) is 6.54 Å². The number of thiophene rings is 1. The lowest BCUT2D eigenvalue weighted by molar-refractivity contribution is -0.385. The van der Waals surface area contributed by atoms with Crippen LogP contribution in [0.5, 0.6) is 0 Å². The highest BCUT2D eigenvalue weighted by Crippen LogP contribution is 2.26. The van der Waals surface area contributed by atoms with Crippen molar-refractivity contribution in [1.82, 2.24) is 5.32 Å². The quantitative estimate of drug-likeness (QED) is 0.634. The van der Waals surface area contributed by atoms with Gasteiger partial charge in [-0.3, -0.25) is 10.1 Å². The zero-order valence-electron chi connectivity index (χ0n) is 10.5. The van der Waals surface area contributed by atoms with Gasteiger partial charge in [-0.05, 0) is 28.5 Å². The third kappa shape index (κ3) is 3.55. The molecule has 5 nitrogen and oxygen atoms in total. The minimum absolute atomic E-state index is 0.0185. The molecule has 20 heavy (non-hydrogen) atoms. The van der Waals surface area contributed by atoms with Gasteiger partial charge in [-0.2, -0.15) is 11.3 Å². The summed E-state index contributed by atoms with van der Waals surface area (Å²) in [7, 11) is 0. The largest absolute Gasteiger partial charge is 0.387 e. The van der Waals surface area contributed by atoms with Gasteiger partial charge in [0.25, 0.3) is 5.69 Å². The van der Waals surface area contributed by atoms with E-state index in [4.69, 9.17) is 11.6 Å². The van der Waals surface area contributed by atoms with Gasteiger partial charge in [-0.15, -0.1) is 0 Å². The summed E-state index contributed by atoms with van der Waals surface area (Å²) in [5.41, 5.74) is 1.24. The molecule has 2 N–H and O–H groups in total. The molecule has 0 bridgehead atoms. The molecule has 0 saturated heterocycles. The molecule has 0 radical (unpaired) electrons. The molecule has 1 atom stereocenters. The Morgan fingerprint density at radius 1 is 1.45 bits per heavy atom. The zero-order valence-corrected chi connectivity index (χ0v) is 12.0. The summed E-state index contributed by atoms with van der Waals surface area (Å²) in [6.45, 7) is 0.538. The highest BCUT2D eigenvalue weighted by atomic mass is 35.5. The van der Waals surface area contributed by atoms with Crippen molar-refractivity contribution >= 4 is 28.6 Å². The Labute approximate surface area is 125 Å². The molecule has 0 amide bonds. The number of rotatable bonds is 6. The first-order valence-corrected chi connectivity index (χ1v) is 7.24. The Kier molecular flexibility index (Phi) is 5.08. The second-order valence-electron chi connectivity index (χ2n) is 4.20. The van der Waals surface area contributed by atoms with Crippen LogP contribution >= 0.6 is 22.9 Å². The fraction of sp³-hybridized carbons (Fsp3) is 0.231. The lowest BCUT2D eigenvalue weighted by atomic mass is 10.1. The van der Waals surface area contributed by atoms with E-state index < -0.39 is 11.0 Å². The van der Waals surface area contributed by atoms with Gasteiger partial charge in [-0.25, -0.2) is 0 Å². The fourth-order valence-corrected chi connectivity index (χ4v) is 2.75. The Bertz CT molecular complexity index is 589. The van der Waals surface area contributed by atoms with Crippen molar-refractivity contribution in [3.8, 4) is 0 Å². The highest BCUT2D eigenvalue weighted by Gasteiger charge is 2.16. The molecule has 1 unspecified atom stereocenters. The summed E-state index contributed by atoms with van der Waals surface area (Å²) in [4.78, 5) is 10.5. The van der Waals surface area contributed by atoms with Crippen molar-refractivity contribution < 1.29 is 10.0 Å². The number of aliphatic hydroxyl groups excluding tert-OH is 1. The smallest absolute Gasteiger partial charge is 0.275 e. The second kappa shape index (κ2) is 6.81. The van der Waals surface area contributed by atoms with Gasteiger partial charge in [0.15, 0.2) is 0 Å². The number of nitro benzene ring substituents is 1. The van der Waals surface area contributed by atoms with Crippen LogP contribution in [0.1, 0.15) is 17.2 Å². The predicted molar refractivity (Wildman–Crippen MR) is 79.1 cm³/mol. The molecule has 106 valence electrons. The molecule has 1 aromatic heterocycles. The van der Waals surface area contributed by atoms with Crippen molar-refractivity contribution in [1.29, 1.82) is 0 Å². The molecule has 0 saturated carbocycles. The molecule has 0 spiro atoms. The first kappa shape index (κ1) is 14.9. The summed E-state index contributed by atoms with van der Waals surface area (Å²) in [6, 6.07) is 6.41. The molecule has 0 fully saturated rings. The van der Waals surface area contributed by atoms with E-state index in [2.05, 4.69) is 5.32 Å². The molecule has 1 heterocycles. The normalized spacial score (nSPS) is 12.3. The second-order valence-corrected chi connectivity index (χ2v) is 5.39. The van der Waals surface area contributed by atoms with E-state index in [1.54, 1.807) is 12.1 Å². The summed E-state index contributed by atoms with van der Waals surface area (Å²) < 4.78 is 0. The maximum Gasteiger partial charge on any atom is 0.275 e. The Morgan fingerprint density at radius 2 is 2.25 bits per heavy atom. The van der Waals surface area contributed by atoms with E-state index in [0.29, 0.717) is 17.1 Å². The average Bonchev–Trinajstić information content (AvgIpc) is 2.94. The summed E-state index contributed by atoms with van der Waals surface area (Å²) in [5.74, 6) is 0. The van der Waals surface area contributed by atoms with Crippen molar-refractivity contribution in [3.05, 3.63) is 61.3 Å². The molecule has 0 aliphatic heterocycles. The molecule has 2 rings (SSSR count). The lowest BCUT2D eigenvalue weighted by Gasteiger charge is -2.11. The van der Waals surface area contributed by atoms with Crippen molar-refractivity contribution in [2.24, 2.45) is 0 Å². The van der Waals surface area contributed by atoms with E-state index in [-0.39, 0.29) is 12.2 Å².